The highest BCUT2D eigenvalue weighted by atomic mass is 32.1. The Morgan fingerprint density at radius 1 is 1.40 bits per heavy atom. The third-order valence-corrected chi connectivity index (χ3v) is 5.24. The number of rotatable bonds is 6. The molecule has 0 saturated carbocycles. The maximum atomic E-state index is 12.6. The van der Waals surface area contributed by atoms with Crippen LogP contribution < -0.4 is 5.56 Å². The molecule has 2 N–H and O–H groups in total. The van der Waals surface area contributed by atoms with Gasteiger partial charge < -0.3 is 5.11 Å². The molecule has 1 amide bonds. The van der Waals surface area contributed by atoms with Crippen molar-refractivity contribution in [2.45, 2.75) is 45.7 Å². The topological polar surface area (TPSA) is 134 Å². The van der Waals surface area contributed by atoms with Crippen molar-refractivity contribution in [3.8, 4) is 5.88 Å². The van der Waals surface area contributed by atoms with Gasteiger partial charge in [0.1, 0.15) is 5.56 Å². The molecule has 2 heterocycles. The van der Waals surface area contributed by atoms with Gasteiger partial charge in [0.25, 0.3) is 11.2 Å². The molecule has 10 nitrogen and oxygen atoms in total. The number of benzene rings is 1. The monoisotopic (exact) mass is 431 g/mol. The third-order valence-electron chi connectivity index (χ3n) is 4.92. The van der Waals surface area contributed by atoms with E-state index in [-0.39, 0.29) is 39.9 Å². The molecule has 0 unspecified atom stereocenters. The zero-order valence-corrected chi connectivity index (χ0v) is 17.3. The molecule has 1 aromatic heterocycles. The second kappa shape index (κ2) is 8.57. The van der Waals surface area contributed by atoms with Gasteiger partial charge in [0.15, 0.2) is 4.77 Å². The normalized spacial score (nSPS) is 15.9. The summed E-state index contributed by atoms with van der Waals surface area (Å²) in [6.07, 6.45) is 1.79. The number of amides is 1. The lowest BCUT2D eigenvalue weighted by Crippen LogP contribution is -2.24. The van der Waals surface area contributed by atoms with Crippen LogP contribution in [0.1, 0.15) is 50.3 Å². The van der Waals surface area contributed by atoms with Gasteiger partial charge >= 0.3 is 0 Å². The minimum atomic E-state index is -0.586. The van der Waals surface area contributed by atoms with Gasteiger partial charge in [-0.25, -0.2) is 5.01 Å². The number of nitrogens with zero attached hydrogens (tertiary/aromatic N) is 4. The maximum Gasteiger partial charge on any atom is 0.269 e. The molecular weight excluding hydrogens is 410 g/mol. The molecule has 1 atom stereocenters. The van der Waals surface area contributed by atoms with E-state index in [1.54, 1.807) is 12.1 Å². The number of unbranched alkanes of at least 4 members (excludes halogenated alkanes) is 1. The molecule has 0 saturated heterocycles. The summed E-state index contributed by atoms with van der Waals surface area (Å²) in [6, 6.07) is 5.25. The standard InChI is InChI=1S/C19H21N5O5S/c1-3-4-9-22-18(27)16(17(26)20-19(22)30)14-10-15(23(21-14)11(2)25)12-5-7-13(8-6-12)24(28)29/h5-8,15,27H,3-4,9-10H2,1-2H3,(H,20,26,30)/t15-/m0/s1. The van der Waals surface area contributed by atoms with Gasteiger partial charge in [-0.1, -0.05) is 25.5 Å². The Labute approximate surface area is 176 Å². The molecule has 1 aliphatic rings. The zero-order chi connectivity index (χ0) is 22.0. The van der Waals surface area contributed by atoms with Gasteiger partial charge in [0.05, 0.1) is 16.7 Å². The van der Waals surface area contributed by atoms with Crippen LogP contribution in [0.15, 0.2) is 34.2 Å². The van der Waals surface area contributed by atoms with Crippen molar-refractivity contribution >= 4 is 29.5 Å². The molecule has 158 valence electrons. The SMILES string of the molecule is CCCCn1c(O)c(C2=NN(C(C)=O)[C@H](c3ccc([N+](=O)[O-])cc3)C2)c(=O)[nH]c1=S. The van der Waals surface area contributed by atoms with Crippen molar-refractivity contribution in [3.63, 3.8) is 0 Å². The van der Waals surface area contributed by atoms with Gasteiger partial charge in [0.2, 0.25) is 11.8 Å². The number of nitro benzene ring substituents is 1. The quantitative estimate of drug-likeness (QED) is 0.410. The number of hydrazone groups is 1. The molecule has 0 radical (unpaired) electrons. The van der Waals surface area contributed by atoms with Crippen LogP contribution in [0.3, 0.4) is 0 Å². The summed E-state index contributed by atoms with van der Waals surface area (Å²) in [6.45, 7) is 3.76. The van der Waals surface area contributed by atoms with Gasteiger partial charge in [0, 0.05) is 32.0 Å². The number of carbonyl (C=O) groups is 1. The Bertz CT molecular complexity index is 1140. The second-order valence-electron chi connectivity index (χ2n) is 6.94. The molecule has 0 aliphatic carbocycles. The Morgan fingerprint density at radius 2 is 2.07 bits per heavy atom. The van der Waals surface area contributed by atoms with Crippen molar-refractivity contribution in [1.82, 2.24) is 14.6 Å². The van der Waals surface area contributed by atoms with Crippen LogP contribution in [0.2, 0.25) is 0 Å². The molecule has 2 aromatic rings. The van der Waals surface area contributed by atoms with Crippen LogP contribution in [0, 0.1) is 14.9 Å². The first-order valence-corrected chi connectivity index (χ1v) is 9.83. The summed E-state index contributed by atoms with van der Waals surface area (Å²) in [5.74, 6) is -0.646. The fourth-order valence-electron chi connectivity index (χ4n) is 3.37. The minimum Gasteiger partial charge on any atom is -0.494 e. The summed E-state index contributed by atoms with van der Waals surface area (Å²) in [5, 5.41) is 27.1. The van der Waals surface area contributed by atoms with E-state index >= 15 is 0 Å². The van der Waals surface area contributed by atoms with E-state index < -0.39 is 16.5 Å². The lowest BCUT2D eigenvalue weighted by Gasteiger charge is -2.20. The van der Waals surface area contributed by atoms with Crippen LogP contribution in [-0.4, -0.2) is 36.2 Å². The molecular formula is C19H21N5O5S. The summed E-state index contributed by atoms with van der Waals surface area (Å²) in [5.41, 5.74) is 0.184. The molecule has 1 aromatic carbocycles. The van der Waals surface area contributed by atoms with Crippen molar-refractivity contribution in [3.05, 3.63) is 60.6 Å². The first kappa shape index (κ1) is 21.4. The summed E-state index contributed by atoms with van der Waals surface area (Å²) in [4.78, 5) is 37.7. The Kier molecular flexibility index (Phi) is 6.11. The predicted molar refractivity (Wildman–Crippen MR) is 112 cm³/mol. The molecule has 0 bridgehead atoms. The second-order valence-corrected chi connectivity index (χ2v) is 7.33. The van der Waals surface area contributed by atoms with E-state index in [4.69, 9.17) is 12.2 Å². The van der Waals surface area contributed by atoms with Crippen molar-refractivity contribution < 1.29 is 14.8 Å². The Balaban J connectivity index is 2.03. The van der Waals surface area contributed by atoms with E-state index in [0.717, 1.165) is 12.8 Å². The first-order valence-electron chi connectivity index (χ1n) is 9.42. The minimum absolute atomic E-state index is 0.0321. The van der Waals surface area contributed by atoms with Crippen LogP contribution in [-0.2, 0) is 11.3 Å². The highest BCUT2D eigenvalue weighted by Crippen LogP contribution is 2.34. The largest absolute Gasteiger partial charge is 0.494 e. The molecule has 0 spiro atoms. The zero-order valence-electron chi connectivity index (χ0n) is 16.5. The smallest absolute Gasteiger partial charge is 0.269 e. The number of H-pyrrole nitrogens is 1. The van der Waals surface area contributed by atoms with E-state index in [9.17, 15) is 24.8 Å². The summed E-state index contributed by atoms with van der Waals surface area (Å²) < 4.78 is 1.55. The number of hydrogen-bond acceptors (Lipinski definition) is 7. The molecule has 1 aliphatic heterocycles. The van der Waals surface area contributed by atoms with Gasteiger partial charge in [-0.15, -0.1) is 0 Å². The third kappa shape index (κ3) is 4.01. The van der Waals surface area contributed by atoms with Crippen LogP contribution in [0.5, 0.6) is 5.88 Å². The molecule has 3 rings (SSSR count). The van der Waals surface area contributed by atoms with Crippen molar-refractivity contribution in [2.75, 3.05) is 0 Å². The Hall–Kier alpha value is -3.34. The average molecular weight is 431 g/mol. The lowest BCUT2D eigenvalue weighted by molar-refractivity contribution is -0.384. The van der Waals surface area contributed by atoms with Gasteiger partial charge in [-0.05, 0) is 24.2 Å². The van der Waals surface area contributed by atoms with Crippen LogP contribution >= 0.6 is 12.2 Å². The highest BCUT2D eigenvalue weighted by Gasteiger charge is 2.34. The number of aromatic hydroxyl groups is 1. The Morgan fingerprint density at radius 3 is 2.63 bits per heavy atom. The number of aromatic nitrogens is 2. The number of non-ortho nitro benzene ring substituents is 1. The number of nitrogens with one attached hydrogen (secondary N) is 1. The molecule has 30 heavy (non-hydrogen) atoms. The van der Waals surface area contributed by atoms with Gasteiger partial charge in [-0.2, -0.15) is 5.10 Å². The fourth-order valence-corrected chi connectivity index (χ4v) is 3.64. The molecule has 0 fully saturated rings. The maximum absolute atomic E-state index is 12.6. The number of aromatic amines is 1. The first-order chi connectivity index (χ1) is 14.2. The molecule has 11 heteroatoms. The van der Waals surface area contributed by atoms with E-state index in [1.165, 1.54) is 28.6 Å². The van der Waals surface area contributed by atoms with Gasteiger partial charge in [-0.3, -0.25) is 29.3 Å². The highest BCUT2D eigenvalue weighted by molar-refractivity contribution is 7.71. The van der Waals surface area contributed by atoms with E-state index in [0.29, 0.717) is 12.1 Å². The summed E-state index contributed by atoms with van der Waals surface area (Å²) >= 11 is 5.16. The number of carbonyl (C=O) groups excluding carboxylic acids is 1. The van der Waals surface area contributed by atoms with E-state index in [1.807, 2.05) is 6.92 Å². The van der Waals surface area contributed by atoms with Crippen molar-refractivity contribution in [1.29, 1.82) is 0 Å². The predicted octanol–water partition coefficient (Wildman–Crippen LogP) is 3.02. The summed E-state index contributed by atoms with van der Waals surface area (Å²) in [7, 11) is 0. The average Bonchev–Trinajstić information content (AvgIpc) is 3.13. The van der Waals surface area contributed by atoms with Crippen LogP contribution in [0.25, 0.3) is 0 Å². The lowest BCUT2D eigenvalue weighted by atomic mass is 9.99. The number of nitro groups is 1. The van der Waals surface area contributed by atoms with E-state index in [2.05, 4.69) is 10.1 Å². The number of hydrogen-bond donors (Lipinski definition) is 2. The van der Waals surface area contributed by atoms with Crippen LogP contribution in [0.4, 0.5) is 5.69 Å². The van der Waals surface area contributed by atoms with Crippen molar-refractivity contribution in [2.24, 2.45) is 5.10 Å². The fraction of sp³-hybridized carbons (Fsp3) is 0.368.